The highest BCUT2D eigenvalue weighted by molar-refractivity contribution is 5.97. The summed E-state index contributed by atoms with van der Waals surface area (Å²) >= 11 is 0. The van der Waals surface area contributed by atoms with Gasteiger partial charge in [0, 0.05) is 18.0 Å². The number of nitrogens with zero attached hydrogens (tertiary/aromatic N) is 2. The molecule has 0 saturated heterocycles. The second-order valence-electron chi connectivity index (χ2n) is 3.11. The Morgan fingerprint density at radius 3 is 2.92 bits per heavy atom. The number of benzene rings is 1. The lowest BCUT2D eigenvalue weighted by Gasteiger charge is -1.99. The van der Waals surface area contributed by atoms with Gasteiger partial charge in [0.25, 0.3) is 0 Å². The van der Waals surface area contributed by atoms with Gasteiger partial charge in [-0.15, -0.1) is 0 Å². The van der Waals surface area contributed by atoms with E-state index in [0.717, 1.165) is 28.3 Å². The van der Waals surface area contributed by atoms with Crippen molar-refractivity contribution in [1.82, 2.24) is 9.78 Å². The molecule has 2 rings (SSSR count). The third-order valence-electron chi connectivity index (χ3n) is 2.31. The van der Waals surface area contributed by atoms with Crippen molar-refractivity contribution >= 4 is 17.2 Å². The van der Waals surface area contributed by atoms with E-state index >= 15 is 0 Å². The normalized spacial score (nSPS) is 10.6. The summed E-state index contributed by atoms with van der Waals surface area (Å²) in [5.41, 5.74) is 2.73. The Balaban J connectivity index is 2.92. The minimum absolute atomic E-state index is 0.741. The van der Waals surface area contributed by atoms with E-state index in [2.05, 4.69) is 5.10 Å². The maximum absolute atomic E-state index is 10.8. The van der Waals surface area contributed by atoms with E-state index < -0.39 is 0 Å². The minimum Gasteiger partial charge on any atom is -0.298 e. The van der Waals surface area contributed by atoms with Crippen LogP contribution >= 0.6 is 0 Å². The maximum atomic E-state index is 10.8. The number of fused-ring (bicyclic) bond motifs is 1. The van der Waals surface area contributed by atoms with Crippen molar-refractivity contribution in [1.29, 1.82) is 0 Å². The van der Waals surface area contributed by atoms with Crippen LogP contribution in [0.4, 0.5) is 0 Å². The molecule has 0 fully saturated rings. The first kappa shape index (κ1) is 7.98. The third kappa shape index (κ3) is 1.04. The summed E-state index contributed by atoms with van der Waals surface area (Å²) in [6.45, 7) is 1.93. The van der Waals surface area contributed by atoms with Crippen LogP contribution in [0.3, 0.4) is 0 Å². The van der Waals surface area contributed by atoms with E-state index in [4.69, 9.17) is 0 Å². The highest BCUT2D eigenvalue weighted by Gasteiger charge is 2.06. The standard InChI is InChI=1S/C10H10N2O/c1-7-3-4-10-8(9(7)6-13)5-11-12(10)2/h3-6H,1-2H3. The predicted octanol–water partition coefficient (Wildman–Crippen LogP) is 1.69. The van der Waals surface area contributed by atoms with Crippen LogP contribution in [-0.2, 0) is 7.05 Å². The fraction of sp³-hybridized carbons (Fsp3) is 0.200. The maximum Gasteiger partial charge on any atom is 0.151 e. The van der Waals surface area contributed by atoms with Crippen LogP contribution in [0.1, 0.15) is 15.9 Å². The number of carbonyl (C=O) groups is 1. The highest BCUT2D eigenvalue weighted by Crippen LogP contribution is 2.19. The molecule has 0 amide bonds. The summed E-state index contributed by atoms with van der Waals surface area (Å²) in [6, 6.07) is 3.92. The Bertz CT molecular complexity index is 471. The fourth-order valence-corrected chi connectivity index (χ4v) is 1.51. The zero-order valence-corrected chi connectivity index (χ0v) is 7.61. The first-order chi connectivity index (χ1) is 6.24. The smallest absolute Gasteiger partial charge is 0.151 e. The van der Waals surface area contributed by atoms with Gasteiger partial charge in [-0.25, -0.2) is 0 Å². The molecule has 3 heteroatoms. The Morgan fingerprint density at radius 1 is 1.46 bits per heavy atom. The Morgan fingerprint density at radius 2 is 2.23 bits per heavy atom. The molecule has 0 aliphatic rings. The molecule has 13 heavy (non-hydrogen) atoms. The summed E-state index contributed by atoms with van der Waals surface area (Å²) in [5, 5.41) is 5.03. The van der Waals surface area contributed by atoms with E-state index in [9.17, 15) is 4.79 Å². The molecular formula is C10H10N2O. The first-order valence-corrected chi connectivity index (χ1v) is 4.10. The largest absolute Gasteiger partial charge is 0.298 e. The van der Waals surface area contributed by atoms with E-state index in [1.54, 1.807) is 10.9 Å². The summed E-state index contributed by atoms with van der Waals surface area (Å²) < 4.78 is 1.77. The molecule has 0 aliphatic carbocycles. The van der Waals surface area contributed by atoms with Crippen molar-refractivity contribution in [2.75, 3.05) is 0 Å². The lowest BCUT2D eigenvalue weighted by Crippen LogP contribution is -1.91. The van der Waals surface area contributed by atoms with Crippen molar-refractivity contribution in [2.45, 2.75) is 6.92 Å². The minimum atomic E-state index is 0.741. The summed E-state index contributed by atoms with van der Waals surface area (Å²) in [7, 11) is 1.87. The Kier molecular flexibility index (Phi) is 1.65. The lowest BCUT2D eigenvalue weighted by molar-refractivity contribution is 0.112. The molecule has 0 radical (unpaired) electrons. The quantitative estimate of drug-likeness (QED) is 0.617. The van der Waals surface area contributed by atoms with Crippen LogP contribution in [0.15, 0.2) is 18.3 Å². The van der Waals surface area contributed by atoms with Gasteiger partial charge in [0.1, 0.15) is 0 Å². The summed E-state index contributed by atoms with van der Waals surface area (Å²) in [4.78, 5) is 10.8. The SMILES string of the molecule is Cc1ccc2c(cnn2C)c1C=O. The van der Waals surface area contributed by atoms with Crippen LogP contribution in [0, 0.1) is 6.92 Å². The molecule has 1 heterocycles. The third-order valence-corrected chi connectivity index (χ3v) is 2.31. The van der Waals surface area contributed by atoms with E-state index in [1.165, 1.54) is 0 Å². The Labute approximate surface area is 76.0 Å². The lowest BCUT2D eigenvalue weighted by atomic mass is 10.1. The van der Waals surface area contributed by atoms with Crippen LogP contribution in [0.25, 0.3) is 10.9 Å². The number of carbonyl (C=O) groups excluding carboxylic acids is 1. The second kappa shape index (κ2) is 2.69. The van der Waals surface area contributed by atoms with Crippen LogP contribution < -0.4 is 0 Å². The number of aryl methyl sites for hydroxylation is 2. The number of aromatic nitrogens is 2. The summed E-state index contributed by atoms with van der Waals surface area (Å²) in [6.07, 6.45) is 2.62. The van der Waals surface area contributed by atoms with Crippen molar-refractivity contribution in [3.05, 3.63) is 29.5 Å². The average molecular weight is 174 g/mol. The van der Waals surface area contributed by atoms with Gasteiger partial charge >= 0.3 is 0 Å². The molecule has 0 atom stereocenters. The predicted molar refractivity (Wildman–Crippen MR) is 50.8 cm³/mol. The van der Waals surface area contributed by atoms with Gasteiger partial charge in [-0.05, 0) is 18.6 Å². The number of hydrogen-bond acceptors (Lipinski definition) is 2. The van der Waals surface area contributed by atoms with Crippen molar-refractivity contribution < 1.29 is 4.79 Å². The van der Waals surface area contributed by atoms with E-state index in [1.807, 2.05) is 26.1 Å². The van der Waals surface area contributed by atoms with Crippen LogP contribution in [0.5, 0.6) is 0 Å². The van der Waals surface area contributed by atoms with Gasteiger partial charge in [0.05, 0.1) is 11.7 Å². The van der Waals surface area contributed by atoms with Gasteiger partial charge < -0.3 is 0 Å². The molecule has 66 valence electrons. The van der Waals surface area contributed by atoms with Crippen LogP contribution in [-0.4, -0.2) is 16.1 Å². The van der Waals surface area contributed by atoms with Gasteiger partial charge in [-0.3, -0.25) is 9.48 Å². The van der Waals surface area contributed by atoms with Gasteiger partial charge in [0.2, 0.25) is 0 Å². The van der Waals surface area contributed by atoms with Crippen molar-refractivity contribution in [3.63, 3.8) is 0 Å². The Hall–Kier alpha value is -1.64. The number of rotatable bonds is 1. The van der Waals surface area contributed by atoms with Crippen LogP contribution in [0.2, 0.25) is 0 Å². The van der Waals surface area contributed by atoms with Gasteiger partial charge in [0.15, 0.2) is 6.29 Å². The van der Waals surface area contributed by atoms with Crippen molar-refractivity contribution in [3.8, 4) is 0 Å². The molecule has 1 aromatic heterocycles. The monoisotopic (exact) mass is 174 g/mol. The fourth-order valence-electron chi connectivity index (χ4n) is 1.51. The van der Waals surface area contributed by atoms with Crippen molar-refractivity contribution in [2.24, 2.45) is 7.05 Å². The molecule has 0 aliphatic heterocycles. The van der Waals surface area contributed by atoms with E-state index in [-0.39, 0.29) is 0 Å². The topological polar surface area (TPSA) is 34.9 Å². The number of hydrogen-bond donors (Lipinski definition) is 0. The molecule has 0 N–H and O–H groups in total. The molecule has 2 aromatic rings. The highest BCUT2D eigenvalue weighted by atomic mass is 16.1. The van der Waals surface area contributed by atoms with Gasteiger partial charge in [-0.2, -0.15) is 5.10 Å². The number of aldehydes is 1. The molecule has 3 nitrogen and oxygen atoms in total. The molecule has 0 unspecified atom stereocenters. The second-order valence-corrected chi connectivity index (χ2v) is 3.11. The zero-order chi connectivity index (χ0) is 9.42. The molecule has 0 saturated carbocycles. The molecular weight excluding hydrogens is 164 g/mol. The summed E-state index contributed by atoms with van der Waals surface area (Å²) in [5.74, 6) is 0. The van der Waals surface area contributed by atoms with Gasteiger partial charge in [-0.1, -0.05) is 6.07 Å². The first-order valence-electron chi connectivity index (χ1n) is 4.10. The molecule has 0 bridgehead atoms. The van der Waals surface area contributed by atoms with E-state index in [0.29, 0.717) is 0 Å². The average Bonchev–Trinajstić information content (AvgIpc) is 2.48. The molecule has 0 spiro atoms. The zero-order valence-electron chi connectivity index (χ0n) is 7.61. The molecule has 1 aromatic carbocycles.